The van der Waals surface area contributed by atoms with Crippen LogP contribution < -0.4 is 4.90 Å². The first-order valence-electron chi connectivity index (χ1n) is 5.79. The number of hydrogen-bond acceptors (Lipinski definition) is 4. The fourth-order valence-electron chi connectivity index (χ4n) is 1.80. The fraction of sp³-hybridized carbons (Fsp3) is 0.538. The van der Waals surface area contributed by atoms with Gasteiger partial charge in [-0.15, -0.1) is 11.3 Å². The van der Waals surface area contributed by atoms with E-state index in [1.807, 2.05) is 32.2 Å². The number of thiophene rings is 1. The predicted octanol–water partition coefficient (Wildman–Crippen LogP) is 2.46. The van der Waals surface area contributed by atoms with Gasteiger partial charge < -0.3 is 9.64 Å². The summed E-state index contributed by atoms with van der Waals surface area (Å²) in [5.74, 6) is -1.53. The molecule has 0 bridgehead atoms. The lowest BCUT2D eigenvalue weighted by molar-refractivity contribution is -0.151. The molecular weight excluding hydrogens is 250 g/mol. The fourth-order valence-corrected chi connectivity index (χ4v) is 2.71. The number of anilines is 1. The maximum absolute atomic E-state index is 12.4. The van der Waals surface area contributed by atoms with Crippen molar-refractivity contribution in [3.05, 3.63) is 17.0 Å². The summed E-state index contributed by atoms with van der Waals surface area (Å²) in [6, 6.07) is 1.95. The van der Waals surface area contributed by atoms with E-state index >= 15 is 0 Å². The molecule has 1 aromatic heterocycles. The van der Waals surface area contributed by atoms with Crippen molar-refractivity contribution in [2.75, 3.05) is 19.1 Å². The highest BCUT2D eigenvalue weighted by Crippen LogP contribution is 2.28. The Kier molecular flexibility index (Phi) is 4.90. The van der Waals surface area contributed by atoms with E-state index in [4.69, 9.17) is 4.74 Å². The second-order valence-electron chi connectivity index (χ2n) is 4.55. The van der Waals surface area contributed by atoms with Crippen LogP contribution in [0.15, 0.2) is 11.4 Å². The van der Waals surface area contributed by atoms with E-state index in [1.54, 1.807) is 11.9 Å². The first kappa shape index (κ1) is 14.7. The number of aryl methyl sites for hydroxylation is 1. The summed E-state index contributed by atoms with van der Waals surface area (Å²) in [6.45, 7) is 5.63. The largest absolute Gasteiger partial charge is 0.468 e. The zero-order valence-electron chi connectivity index (χ0n) is 11.4. The van der Waals surface area contributed by atoms with Crippen molar-refractivity contribution in [1.82, 2.24) is 0 Å². The molecule has 0 spiro atoms. The van der Waals surface area contributed by atoms with Crippen LogP contribution in [0.2, 0.25) is 0 Å². The minimum atomic E-state index is -0.749. The molecule has 4 nitrogen and oxygen atoms in total. The number of nitrogens with zero attached hydrogens (tertiary/aromatic N) is 1. The van der Waals surface area contributed by atoms with Crippen LogP contribution in [-0.4, -0.2) is 26.0 Å². The van der Waals surface area contributed by atoms with Gasteiger partial charge in [0.2, 0.25) is 5.91 Å². The van der Waals surface area contributed by atoms with E-state index in [1.165, 1.54) is 18.4 Å². The first-order chi connectivity index (χ1) is 8.40. The van der Waals surface area contributed by atoms with Crippen molar-refractivity contribution in [3.8, 4) is 0 Å². The maximum Gasteiger partial charge on any atom is 0.318 e. The van der Waals surface area contributed by atoms with E-state index in [0.29, 0.717) is 0 Å². The molecule has 1 heterocycles. The van der Waals surface area contributed by atoms with Crippen molar-refractivity contribution in [2.45, 2.75) is 20.8 Å². The van der Waals surface area contributed by atoms with Crippen molar-refractivity contribution in [1.29, 1.82) is 0 Å². The topological polar surface area (TPSA) is 46.6 Å². The standard InChI is InChI=1S/C13H19NO3S/c1-8(2)10(13(16)17-5)11(15)14(4)12-9(3)6-7-18-12/h6-8,10H,1-5H3. The van der Waals surface area contributed by atoms with E-state index in [0.717, 1.165) is 10.6 Å². The molecule has 5 heteroatoms. The number of methoxy groups -OCH3 is 1. The monoisotopic (exact) mass is 269 g/mol. The van der Waals surface area contributed by atoms with Crippen LogP contribution in [0.3, 0.4) is 0 Å². The molecule has 0 saturated heterocycles. The second kappa shape index (κ2) is 6.00. The van der Waals surface area contributed by atoms with Crippen LogP contribution in [0.5, 0.6) is 0 Å². The van der Waals surface area contributed by atoms with Crippen LogP contribution in [0.4, 0.5) is 5.00 Å². The van der Waals surface area contributed by atoms with Gasteiger partial charge in [0, 0.05) is 7.05 Å². The summed E-state index contributed by atoms with van der Waals surface area (Å²) in [6.07, 6.45) is 0. The molecule has 0 N–H and O–H groups in total. The van der Waals surface area contributed by atoms with Gasteiger partial charge in [0.25, 0.3) is 0 Å². The minimum Gasteiger partial charge on any atom is -0.468 e. The Morgan fingerprint density at radius 2 is 2.00 bits per heavy atom. The smallest absolute Gasteiger partial charge is 0.318 e. The van der Waals surface area contributed by atoms with Gasteiger partial charge in [-0.3, -0.25) is 9.59 Å². The lowest BCUT2D eigenvalue weighted by Gasteiger charge is -2.24. The predicted molar refractivity (Wildman–Crippen MR) is 72.8 cm³/mol. The number of carbonyl (C=O) groups excluding carboxylic acids is 2. The lowest BCUT2D eigenvalue weighted by Crippen LogP contribution is -2.40. The molecule has 0 aliphatic heterocycles. The van der Waals surface area contributed by atoms with Crippen molar-refractivity contribution < 1.29 is 14.3 Å². The molecule has 0 aliphatic rings. The molecule has 0 radical (unpaired) electrons. The molecule has 0 aromatic carbocycles. The summed E-state index contributed by atoms with van der Waals surface area (Å²) in [7, 11) is 3.00. The van der Waals surface area contributed by atoms with Gasteiger partial charge in [-0.2, -0.15) is 0 Å². The summed E-state index contributed by atoms with van der Waals surface area (Å²) >= 11 is 1.49. The van der Waals surface area contributed by atoms with Gasteiger partial charge >= 0.3 is 5.97 Å². The Balaban J connectivity index is 2.97. The van der Waals surface area contributed by atoms with Gasteiger partial charge in [0.15, 0.2) is 0 Å². The molecule has 18 heavy (non-hydrogen) atoms. The first-order valence-corrected chi connectivity index (χ1v) is 6.67. The van der Waals surface area contributed by atoms with Crippen molar-refractivity contribution in [3.63, 3.8) is 0 Å². The van der Waals surface area contributed by atoms with Crippen LogP contribution in [0.25, 0.3) is 0 Å². The maximum atomic E-state index is 12.4. The average molecular weight is 269 g/mol. The molecule has 1 atom stereocenters. The molecule has 100 valence electrons. The normalized spacial score (nSPS) is 12.3. The van der Waals surface area contributed by atoms with E-state index in [9.17, 15) is 9.59 Å². The number of ether oxygens (including phenoxy) is 1. The Labute approximate surface area is 112 Å². The summed E-state index contributed by atoms with van der Waals surface area (Å²) in [5, 5.41) is 2.80. The molecule has 1 amide bonds. The number of esters is 1. The third-order valence-electron chi connectivity index (χ3n) is 2.86. The van der Waals surface area contributed by atoms with E-state index < -0.39 is 11.9 Å². The zero-order valence-corrected chi connectivity index (χ0v) is 12.2. The SMILES string of the molecule is COC(=O)C(C(=O)N(C)c1sccc1C)C(C)C. The number of hydrogen-bond donors (Lipinski definition) is 0. The van der Waals surface area contributed by atoms with Gasteiger partial charge in [-0.1, -0.05) is 13.8 Å². The van der Waals surface area contributed by atoms with Gasteiger partial charge in [-0.25, -0.2) is 0 Å². The van der Waals surface area contributed by atoms with Crippen LogP contribution in [-0.2, 0) is 14.3 Å². The Morgan fingerprint density at radius 3 is 2.39 bits per heavy atom. The molecular formula is C13H19NO3S. The third kappa shape index (κ3) is 2.90. The summed E-state index contributed by atoms with van der Waals surface area (Å²) in [4.78, 5) is 25.6. The Bertz CT molecular complexity index is 439. The van der Waals surface area contributed by atoms with Crippen molar-refractivity contribution >= 4 is 28.2 Å². The lowest BCUT2D eigenvalue weighted by atomic mass is 9.94. The summed E-state index contributed by atoms with van der Waals surface area (Å²) < 4.78 is 4.71. The minimum absolute atomic E-state index is 0.0901. The van der Waals surface area contributed by atoms with Crippen molar-refractivity contribution in [2.24, 2.45) is 11.8 Å². The average Bonchev–Trinajstić information content (AvgIpc) is 2.73. The number of amides is 1. The van der Waals surface area contributed by atoms with Crippen LogP contribution in [0.1, 0.15) is 19.4 Å². The highest BCUT2D eigenvalue weighted by Gasteiger charge is 2.34. The number of rotatable bonds is 4. The quantitative estimate of drug-likeness (QED) is 0.623. The van der Waals surface area contributed by atoms with Gasteiger partial charge in [0.1, 0.15) is 10.9 Å². The molecule has 1 unspecified atom stereocenters. The molecule has 0 aliphatic carbocycles. The van der Waals surface area contributed by atoms with Gasteiger partial charge in [0.05, 0.1) is 7.11 Å². The molecule has 0 fully saturated rings. The second-order valence-corrected chi connectivity index (χ2v) is 5.45. The van der Waals surface area contributed by atoms with Gasteiger partial charge in [-0.05, 0) is 29.9 Å². The number of carbonyl (C=O) groups is 2. The molecule has 1 aromatic rings. The van der Waals surface area contributed by atoms with Crippen LogP contribution >= 0.6 is 11.3 Å². The molecule has 1 rings (SSSR count). The third-order valence-corrected chi connectivity index (χ3v) is 3.95. The summed E-state index contributed by atoms with van der Waals surface area (Å²) in [5.41, 5.74) is 1.03. The Hall–Kier alpha value is -1.36. The van der Waals surface area contributed by atoms with E-state index in [-0.39, 0.29) is 11.8 Å². The zero-order chi connectivity index (χ0) is 13.9. The van der Waals surface area contributed by atoms with Crippen LogP contribution in [0, 0.1) is 18.8 Å². The van der Waals surface area contributed by atoms with E-state index in [2.05, 4.69) is 0 Å². The molecule has 0 saturated carbocycles. The highest BCUT2D eigenvalue weighted by atomic mass is 32.1. The Morgan fingerprint density at radius 1 is 1.39 bits per heavy atom. The highest BCUT2D eigenvalue weighted by molar-refractivity contribution is 7.14.